The van der Waals surface area contributed by atoms with Gasteiger partial charge in [0.25, 0.3) is 17.5 Å². The molecule has 15 nitrogen and oxygen atoms in total. The van der Waals surface area contributed by atoms with Gasteiger partial charge in [0.15, 0.2) is 11.5 Å². The number of hydrogen-bond acceptors (Lipinski definition) is 10. The van der Waals surface area contributed by atoms with Crippen LogP contribution in [0.2, 0.25) is 0 Å². The average Bonchev–Trinajstić information content (AvgIpc) is 3.26. The summed E-state index contributed by atoms with van der Waals surface area (Å²) in [7, 11) is 2.92. The number of nitrogens with zero attached hydrogens (tertiary/aromatic N) is 1. The summed E-state index contributed by atoms with van der Waals surface area (Å²) < 4.78 is 17.1. The van der Waals surface area contributed by atoms with Crippen LogP contribution in [0.5, 0.6) is 11.5 Å². The van der Waals surface area contributed by atoms with Crippen LogP contribution in [0.15, 0.2) is 115 Å². The molecule has 3 atom stereocenters. The molecule has 15 heteroatoms. The van der Waals surface area contributed by atoms with Crippen LogP contribution in [0, 0.1) is 10.1 Å². The molecule has 59 heavy (non-hydrogen) atoms. The van der Waals surface area contributed by atoms with Crippen molar-refractivity contribution in [1.29, 1.82) is 0 Å². The Bertz CT molecular complexity index is 2220. The van der Waals surface area contributed by atoms with Crippen molar-refractivity contribution in [3.63, 3.8) is 0 Å². The quantitative estimate of drug-likeness (QED) is 0.0379. The molecule has 0 aliphatic carbocycles. The smallest absolute Gasteiger partial charge is 0.278 e. The Morgan fingerprint density at radius 3 is 2.12 bits per heavy atom. The van der Waals surface area contributed by atoms with Crippen LogP contribution in [0.1, 0.15) is 52.9 Å². The number of nitro groups is 1. The topological polar surface area (TPSA) is 199 Å². The van der Waals surface area contributed by atoms with E-state index in [0.717, 1.165) is 21.9 Å². The van der Waals surface area contributed by atoms with E-state index in [1.165, 1.54) is 26.3 Å². The molecule has 5 aromatic carbocycles. The van der Waals surface area contributed by atoms with Crippen molar-refractivity contribution in [1.82, 2.24) is 26.8 Å². The number of ether oxygens (including phenoxy) is 3. The molecule has 0 fully saturated rings. The van der Waals surface area contributed by atoms with Crippen LogP contribution in [0.3, 0.4) is 0 Å². The summed E-state index contributed by atoms with van der Waals surface area (Å²) in [5, 5.41) is 22.2. The second-order valence-corrected chi connectivity index (χ2v) is 13.6. The lowest BCUT2D eigenvalue weighted by molar-refractivity contribution is -0.385. The molecular weight excluding hydrogens is 757 g/mol. The Balaban J connectivity index is 1.33. The van der Waals surface area contributed by atoms with Crippen molar-refractivity contribution in [3.8, 4) is 11.5 Å². The Hall–Kier alpha value is -6.84. The lowest BCUT2D eigenvalue weighted by Gasteiger charge is -2.24. The monoisotopic (exact) mass is 804 g/mol. The average molecular weight is 805 g/mol. The molecule has 0 saturated heterocycles. The number of hydrazine groups is 1. The van der Waals surface area contributed by atoms with E-state index in [4.69, 9.17) is 14.2 Å². The van der Waals surface area contributed by atoms with E-state index in [2.05, 4.69) is 26.8 Å². The molecule has 4 amide bonds. The van der Waals surface area contributed by atoms with E-state index >= 15 is 0 Å². The number of carbonyl (C=O) groups excluding carboxylic acids is 4. The molecule has 0 spiro atoms. The number of benzene rings is 5. The maximum Gasteiger partial charge on any atom is 0.278 e. The molecule has 0 aliphatic heterocycles. The molecule has 1 unspecified atom stereocenters. The number of hydrogen-bond donors (Lipinski definition) is 5. The Morgan fingerprint density at radius 1 is 0.763 bits per heavy atom. The number of rotatable bonds is 21. The Labute approximate surface area is 341 Å². The number of fused-ring (bicyclic) bond motifs is 1. The number of methoxy groups -OCH3 is 1. The highest BCUT2D eigenvalue weighted by atomic mass is 16.6. The second-order valence-electron chi connectivity index (χ2n) is 13.6. The minimum absolute atomic E-state index is 0.114. The van der Waals surface area contributed by atoms with Crippen LogP contribution in [-0.4, -0.2) is 68.0 Å². The van der Waals surface area contributed by atoms with Crippen LogP contribution >= 0.6 is 0 Å². The van der Waals surface area contributed by atoms with Crippen molar-refractivity contribution < 1.29 is 38.3 Å². The van der Waals surface area contributed by atoms with Gasteiger partial charge in [0.2, 0.25) is 11.8 Å². The fourth-order valence-corrected chi connectivity index (χ4v) is 6.18. The molecule has 0 heterocycles. The number of nitro benzene ring substituents is 1. The minimum Gasteiger partial charge on any atom is -0.493 e. The number of carbonyl (C=O) groups is 4. The van der Waals surface area contributed by atoms with E-state index < -0.39 is 40.8 Å². The zero-order valence-electron chi connectivity index (χ0n) is 33.1. The normalized spacial score (nSPS) is 12.4. The summed E-state index contributed by atoms with van der Waals surface area (Å²) in [4.78, 5) is 64.8. The second kappa shape index (κ2) is 21.6. The summed E-state index contributed by atoms with van der Waals surface area (Å²) in [6.07, 6.45) is 0.713. The summed E-state index contributed by atoms with van der Waals surface area (Å²) >= 11 is 0. The van der Waals surface area contributed by atoms with Crippen LogP contribution in [0.4, 0.5) is 5.69 Å². The third-order valence-corrected chi connectivity index (χ3v) is 9.42. The predicted molar refractivity (Wildman–Crippen MR) is 222 cm³/mol. The zero-order valence-corrected chi connectivity index (χ0v) is 33.1. The molecule has 5 N–H and O–H groups in total. The van der Waals surface area contributed by atoms with Gasteiger partial charge in [-0.3, -0.25) is 34.7 Å². The van der Waals surface area contributed by atoms with Crippen molar-refractivity contribution >= 4 is 40.1 Å². The highest BCUT2D eigenvalue weighted by Gasteiger charge is 2.29. The van der Waals surface area contributed by atoms with Crippen molar-refractivity contribution in [2.75, 3.05) is 27.4 Å². The largest absolute Gasteiger partial charge is 0.493 e. The van der Waals surface area contributed by atoms with Gasteiger partial charge < -0.3 is 30.2 Å². The number of nitrogens with one attached hydrogen (secondary N) is 5. The van der Waals surface area contributed by atoms with Crippen LogP contribution < -0.4 is 36.3 Å². The van der Waals surface area contributed by atoms with Gasteiger partial charge in [-0.25, -0.2) is 5.43 Å². The maximum atomic E-state index is 14.1. The van der Waals surface area contributed by atoms with Gasteiger partial charge in [0.05, 0.1) is 49.5 Å². The fraction of sp³-hybridized carbons (Fsp3) is 0.273. The van der Waals surface area contributed by atoms with Crippen LogP contribution in [0.25, 0.3) is 10.8 Å². The molecule has 308 valence electrons. The summed E-state index contributed by atoms with van der Waals surface area (Å²) in [6, 6.07) is 30.8. The molecule has 0 bridgehead atoms. The SMILES string of the molecule is CNC(=O)CCCOc1cc([N+](=O)[O-])c(C(C)NNC(=O)[C@H](COCc2ccccc2)NC(=O)[C@H](Cc2ccccc2)NC(=O)c2ccc3ccccc3c2)cc1OC. The highest BCUT2D eigenvalue weighted by molar-refractivity contribution is 6.01. The minimum atomic E-state index is -1.27. The molecule has 0 saturated carbocycles. The fourth-order valence-electron chi connectivity index (χ4n) is 6.18. The predicted octanol–water partition coefficient (Wildman–Crippen LogP) is 5.09. The molecular formula is C44H48N6O9. The third-order valence-electron chi connectivity index (χ3n) is 9.42. The lowest BCUT2D eigenvalue weighted by atomic mass is 10.0. The molecule has 5 rings (SSSR count). The standard InChI is InChI=1S/C44H48N6O9/c1-29(35-25-39(57-3)40(26-38(35)50(55)56)59-22-12-19-41(51)45-2)48-49-44(54)37(28-58-27-31-15-8-5-9-16-31)47-43(53)36(23-30-13-6-4-7-14-30)46-42(52)34-21-20-32-17-10-11-18-33(32)24-34/h4-11,13-18,20-21,24-26,29,36-37,48H,12,19,22-23,27-28H2,1-3H3,(H,45,51)(H,46,52)(H,47,53)(H,49,54)/t29?,36-,37-/m0/s1. The van der Waals surface area contributed by atoms with E-state index in [1.54, 1.807) is 19.1 Å². The summed E-state index contributed by atoms with van der Waals surface area (Å²) in [5.74, 6) is -1.65. The Kier molecular flexibility index (Phi) is 15.9. The van der Waals surface area contributed by atoms with E-state index in [-0.39, 0.29) is 61.3 Å². The van der Waals surface area contributed by atoms with Gasteiger partial charge in [-0.2, -0.15) is 0 Å². The van der Waals surface area contributed by atoms with Crippen LogP contribution in [-0.2, 0) is 32.1 Å². The first-order valence-electron chi connectivity index (χ1n) is 19.1. The molecule has 0 aliphatic rings. The number of amides is 4. The van der Waals surface area contributed by atoms with E-state index in [9.17, 15) is 29.3 Å². The van der Waals surface area contributed by atoms with Gasteiger partial charge in [0, 0.05) is 25.5 Å². The summed E-state index contributed by atoms with van der Waals surface area (Å²) in [6.45, 7) is 1.61. The summed E-state index contributed by atoms with van der Waals surface area (Å²) in [5.41, 5.74) is 7.24. The zero-order chi connectivity index (χ0) is 42.1. The van der Waals surface area contributed by atoms with E-state index in [1.807, 2.05) is 91.0 Å². The highest BCUT2D eigenvalue weighted by Crippen LogP contribution is 2.37. The molecule has 0 aromatic heterocycles. The molecule has 0 radical (unpaired) electrons. The van der Waals surface area contributed by atoms with Gasteiger partial charge in [-0.05, 0) is 53.4 Å². The van der Waals surface area contributed by atoms with Crippen molar-refractivity contribution in [2.24, 2.45) is 0 Å². The van der Waals surface area contributed by atoms with Crippen molar-refractivity contribution in [2.45, 2.75) is 50.9 Å². The first kappa shape index (κ1) is 43.3. The van der Waals surface area contributed by atoms with Gasteiger partial charge in [-0.1, -0.05) is 91.0 Å². The van der Waals surface area contributed by atoms with E-state index in [0.29, 0.717) is 12.0 Å². The Morgan fingerprint density at radius 2 is 1.44 bits per heavy atom. The van der Waals surface area contributed by atoms with Crippen molar-refractivity contribution in [3.05, 3.63) is 148 Å². The van der Waals surface area contributed by atoms with Gasteiger partial charge in [-0.15, -0.1) is 0 Å². The third kappa shape index (κ3) is 12.6. The molecule has 5 aromatic rings. The lowest BCUT2D eigenvalue weighted by Crippen LogP contribution is -2.57. The first-order chi connectivity index (χ1) is 28.6. The van der Waals surface area contributed by atoms with Gasteiger partial charge in [0.1, 0.15) is 12.1 Å². The maximum absolute atomic E-state index is 14.1. The van der Waals surface area contributed by atoms with Gasteiger partial charge >= 0.3 is 0 Å². The first-order valence-corrected chi connectivity index (χ1v) is 19.1.